The average Bonchev–Trinajstić information content (AvgIpc) is 1.78. The summed E-state index contributed by atoms with van der Waals surface area (Å²) in [5.74, 6) is -3.79. The van der Waals surface area contributed by atoms with E-state index < -0.39 is 87.1 Å². The molecule has 0 saturated carbocycles. The molecule has 3 aromatic carbocycles. The first-order valence-corrected chi connectivity index (χ1v) is 35.5. The molecule has 0 bridgehead atoms. The average molecular weight is 1530 g/mol. The van der Waals surface area contributed by atoms with Crippen LogP contribution in [0.1, 0.15) is 49.7 Å². The third-order valence-corrected chi connectivity index (χ3v) is 19.8. The molecule has 4 fully saturated rings. The van der Waals surface area contributed by atoms with E-state index in [1.54, 1.807) is 12.1 Å². The van der Waals surface area contributed by atoms with Gasteiger partial charge in [-0.25, -0.2) is 23.1 Å². The molecule has 109 heavy (non-hydrogen) atoms. The first kappa shape index (κ1) is 79.9. The number of aromatic nitrogens is 2. The van der Waals surface area contributed by atoms with Crippen LogP contribution in [0.5, 0.6) is 0 Å². The number of morpholine rings is 1. The van der Waals surface area contributed by atoms with Crippen LogP contribution < -0.4 is 51.5 Å². The highest BCUT2D eigenvalue weighted by molar-refractivity contribution is 6.11. The van der Waals surface area contributed by atoms with Crippen molar-refractivity contribution in [2.45, 2.75) is 63.1 Å². The molecule has 9 heterocycles. The molecular formula is C77H85F12N15O5. The quantitative estimate of drug-likeness (QED) is 0.0653. The molecule has 20 nitrogen and oxygen atoms in total. The first-order chi connectivity index (χ1) is 51.8. The SMILES string of the molecule is C=C1C=C(C(F)(F)F)C(C(=O)Nc2cc(-c3cnc(N4CCOCC4)nc3)c(F)cc2N2CCC(N(C)C)C2)=CN1.C=C1C=C(C(F)(F)F)C(C(=O)Nc2cc(C3=CCCCC3)c(F)cc2N2CCN(C)CC2)=CN1.C=C1C=C(C(F)(F)F)C(C(=O)Nc2cc(C3=CCOCC3)c(F)cc2N2CCN(C)CC2)=CN1. The number of halogens is 12. The molecule has 4 aromatic rings. The Morgan fingerprint density at radius 2 is 0.917 bits per heavy atom. The van der Waals surface area contributed by atoms with Gasteiger partial charge in [0.25, 0.3) is 17.7 Å². The summed E-state index contributed by atoms with van der Waals surface area (Å²) in [6.45, 7) is 20.1. The molecule has 1 atom stereocenters. The van der Waals surface area contributed by atoms with Gasteiger partial charge in [-0.15, -0.1) is 0 Å². The minimum absolute atomic E-state index is 0.00551. The smallest absolute Gasteiger partial charge is 0.378 e. The fourth-order valence-corrected chi connectivity index (χ4v) is 13.7. The van der Waals surface area contributed by atoms with Crippen LogP contribution in [0.2, 0.25) is 0 Å². The number of hydrogen-bond donors (Lipinski definition) is 6. The number of rotatable bonds is 14. The van der Waals surface area contributed by atoms with E-state index in [1.165, 1.54) is 42.7 Å². The lowest BCUT2D eigenvalue weighted by atomic mass is 9.92. The van der Waals surface area contributed by atoms with Crippen LogP contribution >= 0.6 is 0 Å². The van der Waals surface area contributed by atoms with Gasteiger partial charge in [-0.05, 0) is 132 Å². The molecule has 32 heteroatoms. The molecule has 1 aromatic heterocycles. The van der Waals surface area contributed by atoms with Gasteiger partial charge in [-0.2, -0.15) is 39.5 Å². The number of alkyl halides is 9. The molecule has 582 valence electrons. The van der Waals surface area contributed by atoms with Crippen LogP contribution in [0.4, 0.5) is 92.8 Å². The monoisotopic (exact) mass is 1530 g/mol. The number of hydrogen-bond acceptors (Lipinski definition) is 17. The van der Waals surface area contributed by atoms with Crippen LogP contribution in [-0.4, -0.2) is 200 Å². The van der Waals surface area contributed by atoms with Crippen LogP contribution in [0, 0.1) is 17.5 Å². The minimum Gasteiger partial charge on any atom is -0.378 e. The summed E-state index contributed by atoms with van der Waals surface area (Å²) in [7, 11) is 7.86. The van der Waals surface area contributed by atoms with Gasteiger partial charge in [0, 0.05) is 155 Å². The lowest BCUT2D eigenvalue weighted by Crippen LogP contribution is -2.44. The van der Waals surface area contributed by atoms with Crippen molar-refractivity contribution in [1.82, 2.24) is 40.6 Å². The Kier molecular flexibility index (Phi) is 25.1. The van der Waals surface area contributed by atoms with Crippen LogP contribution in [-0.2, 0) is 23.9 Å². The first-order valence-electron chi connectivity index (χ1n) is 35.5. The Morgan fingerprint density at radius 3 is 1.30 bits per heavy atom. The van der Waals surface area contributed by atoms with E-state index in [2.05, 4.69) is 76.3 Å². The normalized spacial score (nSPS) is 19.7. The van der Waals surface area contributed by atoms with Crippen molar-refractivity contribution in [3.05, 3.63) is 197 Å². The molecule has 4 saturated heterocycles. The van der Waals surface area contributed by atoms with Gasteiger partial charge in [-0.3, -0.25) is 14.4 Å². The fourth-order valence-electron chi connectivity index (χ4n) is 13.7. The maximum Gasteiger partial charge on any atom is 0.417 e. The number of likely N-dealkylation sites (N-methyl/N-ethyl adjacent to an activating group) is 3. The predicted octanol–water partition coefficient (Wildman–Crippen LogP) is 12.5. The number of nitrogens with one attached hydrogen (secondary N) is 6. The Labute approximate surface area is 623 Å². The third kappa shape index (κ3) is 19.7. The third-order valence-electron chi connectivity index (χ3n) is 19.8. The predicted molar refractivity (Wildman–Crippen MR) is 396 cm³/mol. The van der Waals surface area contributed by atoms with Crippen molar-refractivity contribution in [3.8, 4) is 11.1 Å². The topological polar surface area (TPSA) is 190 Å². The van der Waals surface area contributed by atoms with E-state index in [4.69, 9.17) is 9.47 Å². The number of amides is 3. The maximum atomic E-state index is 15.6. The molecule has 6 N–H and O–H groups in total. The summed E-state index contributed by atoms with van der Waals surface area (Å²) in [5.41, 5.74) is -0.214. The maximum absolute atomic E-state index is 15.6. The molecule has 13 rings (SSSR count). The number of benzene rings is 3. The van der Waals surface area contributed by atoms with Crippen molar-refractivity contribution < 1.29 is 76.5 Å². The fraction of sp³-hybridized carbons (Fsp3) is 0.390. The zero-order chi connectivity index (χ0) is 78.2. The number of nitrogens with zero attached hydrogens (tertiary/aromatic N) is 9. The standard InChI is InChI=1S/C28H31F4N7O2.C25H28F4N4O.C24H26F4N4O2/c1-17-10-22(28(30,31)32)21(15-33-17)26(40)36-24-11-20(18-13-34-27(35-14-18)38-6-8-41-9-7-38)23(29)12-25(24)39-5-4-19(16-39)37(2)3;1-16-12-20(25(27,28)29)19(15-30-16)24(34)31-22-13-18(17-6-4-3-5-7-17)21(26)14-23(22)33-10-8-32(2)9-11-33;1-15-11-19(24(26,27)28)18(14-29-15)23(33)30-21-12-17(16-3-9-34-10-4-16)20(25)13-22(21)32-7-5-31(2)6-8-32/h10-15,19,33H,1,4-9,16H2,2-3H3,(H,36,40);6,12-15,30H,1,3-5,7-11H2,2H3,(H,31,34);3,11-14,29H,1,4-10H2,2H3,(H,30,33). The summed E-state index contributed by atoms with van der Waals surface area (Å²) in [6.07, 6.45) is 2.67. The second-order valence-corrected chi connectivity index (χ2v) is 27.6. The van der Waals surface area contributed by atoms with Crippen molar-refractivity contribution in [1.29, 1.82) is 0 Å². The Balaban J connectivity index is 0.000000163. The molecule has 0 spiro atoms. The summed E-state index contributed by atoms with van der Waals surface area (Å²) < 4.78 is 180. The number of ether oxygens (including phenoxy) is 2. The van der Waals surface area contributed by atoms with E-state index in [-0.39, 0.29) is 40.1 Å². The summed E-state index contributed by atoms with van der Waals surface area (Å²) >= 11 is 0. The van der Waals surface area contributed by atoms with Gasteiger partial charge in [0.15, 0.2) is 0 Å². The highest BCUT2D eigenvalue weighted by atomic mass is 19.4. The molecule has 8 aliphatic heterocycles. The second-order valence-electron chi connectivity index (χ2n) is 27.6. The highest BCUT2D eigenvalue weighted by Crippen LogP contribution is 2.43. The zero-order valence-electron chi connectivity index (χ0n) is 60.6. The highest BCUT2D eigenvalue weighted by Gasteiger charge is 2.43. The molecule has 3 amide bonds. The Bertz CT molecular complexity index is 4250. The lowest BCUT2D eigenvalue weighted by molar-refractivity contribution is -0.115. The lowest BCUT2D eigenvalue weighted by Gasteiger charge is -2.35. The number of carbonyl (C=O) groups excluding carboxylic acids is 3. The molecule has 1 unspecified atom stereocenters. The number of carbonyl (C=O) groups is 3. The summed E-state index contributed by atoms with van der Waals surface area (Å²) in [4.78, 5) is 62.2. The van der Waals surface area contributed by atoms with Crippen LogP contribution in [0.15, 0.2) is 168 Å². The van der Waals surface area contributed by atoms with E-state index in [0.717, 1.165) is 106 Å². The van der Waals surface area contributed by atoms with E-state index in [9.17, 15) is 53.9 Å². The summed E-state index contributed by atoms with van der Waals surface area (Å²) in [6, 6.07) is 8.72. The molecule has 9 aliphatic rings. The molecule has 0 radical (unpaired) electrons. The minimum atomic E-state index is -4.78. The van der Waals surface area contributed by atoms with E-state index >= 15 is 13.2 Å². The molecular weight excluding hydrogens is 1440 g/mol. The van der Waals surface area contributed by atoms with Gasteiger partial charge < -0.3 is 75.7 Å². The van der Waals surface area contributed by atoms with E-state index in [1.807, 2.05) is 53.9 Å². The largest absolute Gasteiger partial charge is 0.417 e. The number of allylic oxidation sites excluding steroid dienone is 5. The number of anilines is 7. The van der Waals surface area contributed by atoms with Gasteiger partial charge in [-0.1, -0.05) is 31.9 Å². The molecule has 1 aliphatic carbocycles. The second kappa shape index (κ2) is 34.2. The van der Waals surface area contributed by atoms with Gasteiger partial charge in [0.2, 0.25) is 5.95 Å². The van der Waals surface area contributed by atoms with Crippen LogP contribution in [0.3, 0.4) is 0 Å². The Hall–Kier alpha value is -10.2. The van der Waals surface area contributed by atoms with Crippen molar-refractivity contribution in [3.63, 3.8) is 0 Å². The van der Waals surface area contributed by atoms with Crippen molar-refractivity contribution in [2.75, 3.05) is 169 Å². The van der Waals surface area contributed by atoms with Crippen molar-refractivity contribution >= 4 is 68.9 Å². The summed E-state index contributed by atoms with van der Waals surface area (Å²) in [5, 5.41) is 15.6. The van der Waals surface area contributed by atoms with Gasteiger partial charge >= 0.3 is 18.5 Å². The number of dihydropyridines is 3. The Morgan fingerprint density at radius 1 is 0.505 bits per heavy atom. The van der Waals surface area contributed by atoms with Crippen LogP contribution in [0.25, 0.3) is 22.3 Å². The van der Waals surface area contributed by atoms with Gasteiger partial charge in [0.1, 0.15) is 17.5 Å². The van der Waals surface area contributed by atoms with Gasteiger partial charge in [0.05, 0.1) is 94.0 Å². The zero-order valence-corrected chi connectivity index (χ0v) is 60.6. The number of piperazine rings is 2. The van der Waals surface area contributed by atoms with Crippen molar-refractivity contribution in [2.24, 2.45) is 0 Å². The van der Waals surface area contributed by atoms with E-state index in [0.29, 0.717) is 131 Å².